The fraction of sp³-hybridized carbons (Fsp3) is 0.222. The van der Waals surface area contributed by atoms with E-state index in [9.17, 15) is 4.79 Å². The second kappa shape index (κ2) is 3.38. The van der Waals surface area contributed by atoms with Crippen LogP contribution in [-0.2, 0) is 10.1 Å². The molecule has 2 rings (SSSR count). The molecule has 1 N–H and O–H groups in total. The van der Waals surface area contributed by atoms with Crippen LogP contribution in [0.5, 0.6) is 5.75 Å². The fourth-order valence-electron chi connectivity index (χ4n) is 1.28. The van der Waals surface area contributed by atoms with Crippen molar-refractivity contribution in [2.45, 2.75) is 5.33 Å². The van der Waals surface area contributed by atoms with E-state index in [2.05, 4.69) is 21.2 Å². The van der Waals surface area contributed by atoms with Gasteiger partial charge in [-0.1, -0.05) is 28.1 Å². The van der Waals surface area contributed by atoms with Gasteiger partial charge in [0.1, 0.15) is 5.75 Å². The van der Waals surface area contributed by atoms with Crippen molar-refractivity contribution in [3.8, 4) is 5.75 Å². The molecular weight excluding hydrogens is 234 g/mol. The molecule has 1 aliphatic rings. The van der Waals surface area contributed by atoms with E-state index >= 15 is 0 Å². The van der Waals surface area contributed by atoms with Crippen LogP contribution in [0.2, 0.25) is 0 Å². The van der Waals surface area contributed by atoms with Crippen LogP contribution in [0.25, 0.3) is 0 Å². The van der Waals surface area contributed by atoms with Gasteiger partial charge in [0.2, 0.25) is 0 Å². The standard InChI is InChI=1S/C9H8BrNO2/c10-4-6-2-1-3-7-9(6)13-5-8(12)11-7/h1-3H,4-5H2,(H,11,12). The van der Waals surface area contributed by atoms with Crippen LogP contribution in [0, 0.1) is 0 Å². The van der Waals surface area contributed by atoms with E-state index in [-0.39, 0.29) is 12.5 Å². The summed E-state index contributed by atoms with van der Waals surface area (Å²) in [4.78, 5) is 11.0. The Morgan fingerprint density at radius 1 is 1.54 bits per heavy atom. The normalized spacial score (nSPS) is 14.4. The maximum absolute atomic E-state index is 11.0. The first-order chi connectivity index (χ1) is 6.31. The predicted octanol–water partition coefficient (Wildman–Crippen LogP) is 1.91. The molecule has 1 aliphatic heterocycles. The minimum absolute atomic E-state index is 0.0979. The molecule has 0 spiro atoms. The lowest BCUT2D eigenvalue weighted by Gasteiger charge is -2.19. The van der Waals surface area contributed by atoms with Gasteiger partial charge in [0.15, 0.2) is 6.61 Å². The third-order valence-corrected chi connectivity index (χ3v) is 2.47. The fourth-order valence-corrected chi connectivity index (χ4v) is 1.72. The molecule has 0 aromatic heterocycles. The van der Waals surface area contributed by atoms with E-state index in [0.717, 1.165) is 22.3 Å². The number of hydrogen-bond acceptors (Lipinski definition) is 2. The molecule has 0 bridgehead atoms. The number of alkyl halides is 1. The van der Waals surface area contributed by atoms with Crippen molar-refractivity contribution >= 4 is 27.5 Å². The molecule has 1 amide bonds. The SMILES string of the molecule is O=C1COc2c(CBr)cccc2N1. The molecule has 0 fully saturated rings. The molecule has 0 unspecified atom stereocenters. The summed E-state index contributed by atoms with van der Waals surface area (Å²) in [6, 6.07) is 5.69. The molecule has 4 heteroatoms. The number of halogens is 1. The van der Waals surface area contributed by atoms with E-state index in [1.54, 1.807) is 0 Å². The Morgan fingerprint density at radius 3 is 3.15 bits per heavy atom. The molecule has 68 valence electrons. The quantitative estimate of drug-likeness (QED) is 0.764. The first kappa shape index (κ1) is 8.56. The Kier molecular flexibility index (Phi) is 2.22. The summed E-state index contributed by atoms with van der Waals surface area (Å²) in [6.45, 7) is 0.108. The zero-order valence-electron chi connectivity index (χ0n) is 6.84. The number of anilines is 1. The molecule has 1 aromatic rings. The zero-order valence-corrected chi connectivity index (χ0v) is 8.43. The number of carbonyl (C=O) groups excluding carboxylic acids is 1. The number of carbonyl (C=O) groups is 1. The molecule has 0 atom stereocenters. The van der Waals surface area contributed by atoms with Crippen molar-refractivity contribution in [2.75, 3.05) is 11.9 Å². The van der Waals surface area contributed by atoms with Crippen molar-refractivity contribution in [3.63, 3.8) is 0 Å². The number of amides is 1. The summed E-state index contributed by atoms with van der Waals surface area (Å²) in [6.07, 6.45) is 0. The maximum atomic E-state index is 11.0. The average molecular weight is 242 g/mol. The Labute approximate surface area is 84.2 Å². The predicted molar refractivity (Wildman–Crippen MR) is 53.2 cm³/mol. The summed E-state index contributed by atoms with van der Waals surface area (Å²) in [7, 11) is 0. The van der Waals surface area contributed by atoms with E-state index in [4.69, 9.17) is 4.74 Å². The number of hydrogen-bond donors (Lipinski definition) is 1. The third kappa shape index (κ3) is 1.54. The van der Waals surface area contributed by atoms with Gasteiger partial charge in [-0.3, -0.25) is 4.79 Å². The first-order valence-electron chi connectivity index (χ1n) is 3.92. The van der Waals surface area contributed by atoms with Crippen LogP contribution in [0.15, 0.2) is 18.2 Å². The molecule has 3 nitrogen and oxygen atoms in total. The number of benzene rings is 1. The second-order valence-electron chi connectivity index (χ2n) is 2.76. The van der Waals surface area contributed by atoms with Crippen molar-refractivity contribution in [1.29, 1.82) is 0 Å². The molecule has 0 aliphatic carbocycles. The van der Waals surface area contributed by atoms with Gasteiger partial charge in [-0.2, -0.15) is 0 Å². The van der Waals surface area contributed by atoms with Crippen LogP contribution in [-0.4, -0.2) is 12.5 Å². The van der Waals surface area contributed by atoms with E-state index < -0.39 is 0 Å². The highest BCUT2D eigenvalue weighted by Crippen LogP contribution is 2.32. The highest BCUT2D eigenvalue weighted by Gasteiger charge is 2.17. The van der Waals surface area contributed by atoms with E-state index in [1.807, 2.05) is 18.2 Å². The van der Waals surface area contributed by atoms with Crippen LogP contribution < -0.4 is 10.1 Å². The van der Waals surface area contributed by atoms with Crippen molar-refractivity contribution in [3.05, 3.63) is 23.8 Å². The minimum atomic E-state index is -0.0979. The molecule has 1 aromatic carbocycles. The van der Waals surface area contributed by atoms with E-state index in [1.165, 1.54) is 0 Å². The number of fused-ring (bicyclic) bond motifs is 1. The topological polar surface area (TPSA) is 38.3 Å². The van der Waals surface area contributed by atoms with Gasteiger partial charge in [0, 0.05) is 10.9 Å². The Bertz CT molecular complexity index is 351. The van der Waals surface area contributed by atoms with Gasteiger partial charge in [-0.05, 0) is 6.07 Å². The summed E-state index contributed by atoms with van der Waals surface area (Å²) in [5, 5.41) is 3.48. The Balaban J connectivity index is 2.45. The lowest BCUT2D eigenvalue weighted by molar-refractivity contribution is -0.118. The molecule has 0 saturated carbocycles. The van der Waals surface area contributed by atoms with Crippen LogP contribution in [0.3, 0.4) is 0 Å². The first-order valence-corrected chi connectivity index (χ1v) is 5.04. The van der Waals surface area contributed by atoms with Crippen molar-refractivity contribution in [1.82, 2.24) is 0 Å². The number of rotatable bonds is 1. The summed E-state index contributed by atoms with van der Waals surface area (Å²) < 4.78 is 5.32. The monoisotopic (exact) mass is 241 g/mol. The maximum Gasteiger partial charge on any atom is 0.262 e. The van der Waals surface area contributed by atoms with Crippen LogP contribution in [0.4, 0.5) is 5.69 Å². The third-order valence-electron chi connectivity index (χ3n) is 1.86. The highest BCUT2D eigenvalue weighted by molar-refractivity contribution is 9.08. The molecule has 13 heavy (non-hydrogen) atoms. The molecule has 1 heterocycles. The largest absolute Gasteiger partial charge is 0.481 e. The summed E-state index contributed by atoms with van der Waals surface area (Å²) in [5.41, 5.74) is 1.81. The van der Waals surface area contributed by atoms with Gasteiger partial charge in [0.05, 0.1) is 5.69 Å². The van der Waals surface area contributed by atoms with Gasteiger partial charge in [-0.15, -0.1) is 0 Å². The van der Waals surface area contributed by atoms with Gasteiger partial charge < -0.3 is 10.1 Å². The van der Waals surface area contributed by atoms with Crippen LogP contribution in [0.1, 0.15) is 5.56 Å². The minimum Gasteiger partial charge on any atom is -0.481 e. The Morgan fingerprint density at radius 2 is 2.38 bits per heavy atom. The van der Waals surface area contributed by atoms with E-state index in [0.29, 0.717) is 0 Å². The average Bonchev–Trinajstić information content (AvgIpc) is 2.16. The molecule has 0 saturated heterocycles. The smallest absolute Gasteiger partial charge is 0.262 e. The number of ether oxygens (including phenoxy) is 1. The zero-order chi connectivity index (χ0) is 9.26. The van der Waals surface area contributed by atoms with Crippen molar-refractivity contribution < 1.29 is 9.53 Å². The number of nitrogens with one attached hydrogen (secondary N) is 1. The van der Waals surface area contributed by atoms with Crippen LogP contribution >= 0.6 is 15.9 Å². The molecular formula is C9H8BrNO2. The molecule has 0 radical (unpaired) electrons. The number of para-hydroxylation sites is 1. The second-order valence-corrected chi connectivity index (χ2v) is 3.33. The Hall–Kier alpha value is -1.03. The van der Waals surface area contributed by atoms with Gasteiger partial charge in [0.25, 0.3) is 5.91 Å². The highest BCUT2D eigenvalue weighted by atomic mass is 79.9. The lowest BCUT2D eigenvalue weighted by Crippen LogP contribution is -2.25. The lowest BCUT2D eigenvalue weighted by atomic mass is 10.2. The van der Waals surface area contributed by atoms with Crippen molar-refractivity contribution in [2.24, 2.45) is 0 Å². The van der Waals surface area contributed by atoms with Gasteiger partial charge >= 0.3 is 0 Å². The summed E-state index contributed by atoms with van der Waals surface area (Å²) >= 11 is 3.36. The van der Waals surface area contributed by atoms with Gasteiger partial charge in [-0.25, -0.2) is 0 Å². The summed E-state index contributed by atoms with van der Waals surface area (Å²) in [5.74, 6) is 0.679.